The smallest absolute Gasteiger partial charge is 0.317 e. The van der Waals surface area contributed by atoms with E-state index in [1.165, 1.54) is 5.56 Å². The molecule has 170 valence electrons. The SMILES string of the molecule is CCc1ccc(-n2c(CN3CCN(C(=O)NCCCOC)CC3)nc3cccnc32)cc1. The van der Waals surface area contributed by atoms with Crippen LogP contribution in [0.25, 0.3) is 16.9 Å². The standard InChI is InChI=1S/C24H32N6O2/c1-3-19-7-9-20(10-8-19)30-22(27-21-6-4-11-25-23(21)30)18-28-13-15-29(16-14-28)24(31)26-12-5-17-32-2/h4,6-11H,3,5,12-18H2,1-2H3,(H,26,31). The molecule has 0 bridgehead atoms. The molecular weight excluding hydrogens is 404 g/mol. The molecule has 8 nitrogen and oxygen atoms in total. The number of carbonyl (C=O) groups excluding carboxylic acids is 1. The zero-order valence-corrected chi connectivity index (χ0v) is 19.0. The molecular formula is C24H32N6O2. The molecule has 1 N–H and O–H groups in total. The Hall–Kier alpha value is -2.97. The number of urea groups is 1. The molecule has 0 aliphatic carbocycles. The van der Waals surface area contributed by atoms with Crippen molar-refractivity contribution >= 4 is 17.2 Å². The van der Waals surface area contributed by atoms with Gasteiger partial charge in [0.05, 0.1) is 6.54 Å². The van der Waals surface area contributed by atoms with Crippen LogP contribution in [0.5, 0.6) is 0 Å². The average molecular weight is 437 g/mol. The van der Waals surface area contributed by atoms with E-state index in [0.717, 1.165) is 55.2 Å². The van der Waals surface area contributed by atoms with Crippen LogP contribution >= 0.6 is 0 Å². The lowest BCUT2D eigenvalue weighted by atomic mass is 10.1. The maximum atomic E-state index is 12.4. The Balaban J connectivity index is 1.44. The fraction of sp³-hybridized carbons (Fsp3) is 0.458. The third-order valence-corrected chi connectivity index (χ3v) is 5.91. The predicted octanol–water partition coefficient (Wildman–Crippen LogP) is 2.85. The molecule has 4 rings (SSSR count). The summed E-state index contributed by atoms with van der Waals surface area (Å²) in [6.45, 7) is 7.22. The average Bonchev–Trinajstić information content (AvgIpc) is 3.20. The van der Waals surface area contributed by atoms with Crippen molar-refractivity contribution in [1.82, 2.24) is 29.7 Å². The van der Waals surface area contributed by atoms with E-state index in [1.54, 1.807) is 7.11 Å². The molecule has 0 spiro atoms. The van der Waals surface area contributed by atoms with E-state index < -0.39 is 0 Å². The zero-order valence-electron chi connectivity index (χ0n) is 19.0. The summed E-state index contributed by atoms with van der Waals surface area (Å²) in [6.07, 6.45) is 3.65. The molecule has 1 fully saturated rings. The summed E-state index contributed by atoms with van der Waals surface area (Å²) < 4.78 is 7.19. The van der Waals surface area contributed by atoms with Gasteiger partial charge in [0.15, 0.2) is 5.65 Å². The lowest BCUT2D eigenvalue weighted by Crippen LogP contribution is -2.51. The number of benzene rings is 1. The third-order valence-electron chi connectivity index (χ3n) is 5.91. The van der Waals surface area contributed by atoms with Crippen molar-refractivity contribution in [3.8, 4) is 5.69 Å². The number of pyridine rings is 1. The van der Waals surface area contributed by atoms with Gasteiger partial charge in [0.25, 0.3) is 0 Å². The first-order valence-electron chi connectivity index (χ1n) is 11.4. The van der Waals surface area contributed by atoms with Gasteiger partial charge in [0.1, 0.15) is 11.3 Å². The summed E-state index contributed by atoms with van der Waals surface area (Å²) in [6, 6.07) is 12.6. The number of methoxy groups -OCH3 is 1. The molecule has 0 atom stereocenters. The minimum atomic E-state index is 0.00760. The van der Waals surface area contributed by atoms with Crippen molar-refractivity contribution in [2.75, 3.05) is 46.4 Å². The number of ether oxygens (including phenoxy) is 1. The molecule has 1 aliphatic heterocycles. The summed E-state index contributed by atoms with van der Waals surface area (Å²) in [5, 5.41) is 2.97. The number of fused-ring (bicyclic) bond motifs is 1. The number of hydrogen-bond donors (Lipinski definition) is 1. The van der Waals surface area contributed by atoms with E-state index in [2.05, 4.69) is 51.0 Å². The highest BCUT2D eigenvalue weighted by atomic mass is 16.5. The number of nitrogens with zero attached hydrogens (tertiary/aromatic N) is 5. The number of hydrogen-bond acceptors (Lipinski definition) is 5. The number of piperazine rings is 1. The van der Waals surface area contributed by atoms with Gasteiger partial charge in [-0.2, -0.15) is 0 Å². The third kappa shape index (κ3) is 5.08. The summed E-state index contributed by atoms with van der Waals surface area (Å²) in [7, 11) is 1.67. The van der Waals surface area contributed by atoms with Crippen molar-refractivity contribution in [2.24, 2.45) is 0 Å². The monoisotopic (exact) mass is 436 g/mol. The second-order valence-corrected chi connectivity index (χ2v) is 8.07. The van der Waals surface area contributed by atoms with Crippen molar-refractivity contribution in [1.29, 1.82) is 0 Å². The molecule has 3 heterocycles. The summed E-state index contributed by atoms with van der Waals surface area (Å²) in [5.41, 5.74) is 4.16. The van der Waals surface area contributed by atoms with Crippen molar-refractivity contribution < 1.29 is 9.53 Å². The Morgan fingerprint density at radius 3 is 2.62 bits per heavy atom. The molecule has 0 unspecified atom stereocenters. The molecule has 1 aliphatic rings. The molecule has 2 aromatic heterocycles. The lowest BCUT2D eigenvalue weighted by Gasteiger charge is -2.34. The number of carbonyl (C=O) groups is 1. The largest absolute Gasteiger partial charge is 0.385 e. The summed E-state index contributed by atoms with van der Waals surface area (Å²) in [5.74, 6) is 0.973. The Morgan fingerprint density at radius 1 is 1.12 bits per heavy atom. The van der Waals surface area contributed by atoms with Gasteiger partial charge in [-0.25, -0.2) is 14.8 Å². The van der Waals surface area contributed by atoms with Crippen molar-refractivity contribution in [2.45, 2.75) is 26.3 Å². The van der Waals surface area contributed by atoms with Crippen LogP contribution in [-0.2, 0) is 17.7 Å². The van der Waals surface area contributed by atoms with Crippen molar-refractivity contribution in [3.05, 3.63) is 54.0 Å². The molecule has 1 aromatic carbocycles. The number of amides is 2. The highest BCUT2D eigenvalue weighted by molar-refractivity contribution is 5.74. The van der Waals surface area contributed by atoms with E-state index >= 15 is 0 Å². The maximum absolute atomic E-state index is 12.4. The van der Waals surface area contributed by atoms with Gasteiger partial charge in [0.2, 0.25) is 0 Å². The van der Waals surface area contributed by atoms with Crippen LogP contribution in [0.4, 0.5) is 4.79 Å². The van der Waals surface area contributed by atoms with Crippen LogP contribution in [-0.4, -0.2) is 76.8 Å². The van der Waals surface area contributed by atoms with Crippen LogP contribution in [0.1, 0.15) is 24.7 Å². The van der Waals surface area contributed by atoms with E-state index in [1.807, 2.05) is 23.2 Å². The van der Waals surface area contributed by atoms with E-state index in [4.69, 9.17) is 9.72 Å². The fourth-order valence-corrected chi connectivity index (χ4v) is 4.05. The van der Waals surface area contributed by atoms with E-state index in [0.29, 0.717) is 26.2 Å². The van der Waals surface area contributed by atoms with Gasteiger partial charge in [-0.15, -0.1) is 0 Å². The van der Waals surface area contributed by atoms with Gasteiger partial charge >= 0.3 is 6.03 Å². The normalized spacial score (nSPS) is 14.8. The Labute approximate surface area is 189 Å². The number of rotatable bonds is 8. The Kier molecular flexibility index (Phi) is 7.34. The first kappa shape index (κ1) is 22.2. The molecule has 0 saturated carbocycles. The van der Waals surface area contributed by atoms with E-state index in [9.17, 15) is 4.79 Å². The van der Waals surface area contributed by atoms with Gasteiger partial charge in [0, 0.05) is 58.3 Å². The maximum Gasteiger partial charge on any atom is 0.317 e. The van der Waals surface area contributed by atoms with Crippen molar-refractivity contribution in [3.63, 3.8) is 0 Å². The number of nitrogens with one attached hydrogen (secondary N) is 1. The fourth-order valence-electron chi connectivity index (χ4n) is 4.05. The first-order valence-corrected chi connectivity index (χ1v) is 11.4. The van der Waals surface area contributed by atoms with E-state index in [-0.39, 0.29) is 6.03 Å². The molecule has 0 radical (unpaired) electrons. The predicted molar refractivity (Wildman–Crippen MR) is 125 cm³/mol. The number of imidazole rings is 1. The lowest BCUT2D eigenvalue weighted by molar-refractivity contribution is 0.132. The summed E-state index contributed by atoms with van der Waals surface area (Å²) >= 11 is 0. The second-order valence-electron chi connectivity index (χ2n) is 8.07. The van der Waals surface area contributed by atoms with Crippen LogP contribution in [0.15, 0.2) is 42.6 Å². The molecule has 32 heavy (non-hydrogen) atoms. The topological polar surface area (TPSA) is 75.5 Å². The molecule has 1 saturated heterocycles. The highest BCUT2D eigenvalue weighted by Gasteiger charge is 2.23. The molecule has 3 aromatic rings. The minimum absolute atomic E-state index is 0.00760. The second kappa shape index (κ2) is 10.6. The van der Waals surface area contributed by atoms with Crippen LogP contribution in [0.3, 0.4) is 0 Å². The quantitative estimate of drug-likeness (QED) is 0.550. The molecule has 8 heteroatoms. The number of aryl methyl sites for hydroxylation is 1. The molecule has 2 amide bonds. The Morgan fingerprint density at radius 2 is 1.91 bits per heavy atom. The Bertz CT molecular complexity index is 1020. The van der Waals surface area contributed by atoms with Crippen LogP contribution in [0, 0.1) is 0 Å². The summed E-state index contributed by atoms with van der Waals surface area (Å²) in [4.78, 5) is 26.1. The number of aromatic nitrogens is 3. The highest BCUT2D eigenvalue weighted by Crippen LogP contribution is 2.22. The van der Waals surface area contributed by atoms with Gasteiger partial charge < -0.3 is 15.0 Å². The van der Waals surface area contributed by atoms with Gasteiger partial charge in [-0.3, -0.25) is 9.47 Å². The zero-order chi connectivity index (χ0) is 22.3. The van der Waals surface area contributed by atoms with Gasteiger partial charge in [-0.1, -0.05) is 19.1 Å². The van der Waals surface area contributed by atoms with Gasteiger partial charge in [-0.05, 0) is 42.7 Å². The minimum Gasteiger partial charge on any atom is -0.385 e. The van der Waals surface area contributed by atoms with Crippen LogP contribution < -0.4 is 5.32 Å². The first-order chi connectivity index (χ1) is 15.7. The van der Waals surface area contributed by atoms with Crippen LogP contribution in [0.2, 0.25) is 0 Å².